The van der Waals surface area contributed by atoms with Gasteiger partial charge in [-0.15, -0.1) is 0 Å². The molecule has 1 aliphatic heterocycles. The molecule has 0 atom stereocenters. The van der Waals surface area contributed by atoms with Crippen LogP contribution >= 0.6 is 0 Å². The van der Waals surface area contributed by atoms with Crippen molar-refractivity contribution in [3.8, 4) is 0 Å². The first-order valence-corrected chi connectivity index (χ1v) is 5.11. The van der Waals surface area contributed by atoms with Crippen LogP contribution in [-0.2, 0) is 6.42 Å². The first-order chi connectivity index (χ1) is 6.90. The number of anilines is 1. The highest BCUT2D eigenvalue weighted by atomic mass is 15.1. The number of rotatable bonds is 2. The molecule has 0 unspecified atom stereocenters. The van der Waals surface area contributed by atoms with Crippen LogP contribution in [0.25, 0.3) is 0 Å². The van der Waals surface area contributed by atoms with Crippen molar-refractivity contribution in [1.82, 2.24) is 0 Å². The molecule has 0 radical (unpaired) electrons. The van der Waals surface area contributed by atoms with Gasteiger partial charge in [0.05, 0.1) is 0 Å². The van der Waals surface area contributed by atoms with E-state index in [2.05, 4.69) is 60.6 Å². The maximum atomic E-state index is 2.19. The Morgan fingerprint density at radius 2 is 1.71 bits per heavy atom. The summed E-state index contributed by atoms with van der Waals surface area (Å²) in [5, 5.41) is 0. The van der Waals surface area contributed by atoms with Crippen LogP contribution in [0.1, 0.15) is 18.9 Å². The molecule has 1 aromatic rings. The summed E-state index contributed by atoms with van der Waals surface area (Å²) in [6, 6.07) is 8.70. The van der Waals surface area contributed by atoms with E-state index in [9.17, 15) is 0 Å². The molecular formula is C13H15N. The van der Waals surface area contributed by atoms with Crippen molar-refractivity contribution in [3.05, 3.63) is 54.4 Å². The molecule has 72 valence electrons. The minimum absolute atomic E-state index is 1.05. The van der Waals surface area contributed by atoms with Gasteiger partial charge in [0, 0.05) is 18.1 Å². The fourth-order valence-corrected chi connectivity index (χ4v) is 1.55. The van der Waals surface area contributed by atoms with E-state index < -0.39 is 0 Å². The molecule has 0 aromatic heterocycles. The van der Waals surface area contributed by atoms with Crippen LogP contribution < -0.4 is 4.90 Å². The van der Waals surface area contributed by atoms with Crippen LogP contribution in [0.4, 0.5) is 5.69 Å². The van der Waals surface area contributed by atoms with Crippen molar-refractivity contribution in [2.75, 3.05) is 4.90 Å². The van der Waals surface area contributed by atoms with Crippen molar-refractivity contribution in [3.63, 3.8) is 0 Å². The Kier molecular flexibility index (Phi) is 2.68. The highest BCUT2D eigenvalue weighted by molar-refractivity contribution is 5.53. The van der Waals surface area contributed by atoms with Gasteiger partial charge in [0.15, 0.2) is 0 Å². The standard InChI is InChI=1S/C13H15N/c1-2-12-6-8-13(9-7-12)14-10-4-3-5-11-14/h4-11H,2-3H2,1H3. The highest BCUT2D eigenvalue weighted by Gasteiger charge is 2.00. The van der Waals surface area contributed by atoms with Gasteiger partial charge >= 0.3 is 0 Å². The molecular weight excluding hydrogens is 170 g/mol. The first-order valence-electron chi connectivity index (χ1n) is 5.11. The molecule has 0 amide bonds. The zero-order chi connectivity index (χ0) is 9.80. The zero-order valence-electron chi connectivity index (χ0n) is 8.48. The number of nitrogens with zero attached hydrogens (tertiary/aromatic N) is 1. The molecule has 0 fully saturated rings. The van der Waals surface area contributed by atoms with E-state index in [1.165, 1.54) is 11.3 Å². The Morgan fingerprint density at radius 3 is 2.29 bits per heavy atom. The summed E-state index contributed by atoms with van der Waals surface area (Å²) in [7, 11) is 0. The third-order valence-electron chi connectivity index (χ3n) is 2.45. The number of benzene rings is 1. The predicted octanol–water partition coefficient (Wildman–Crippen LogP) is 3.49. The highest BCUT2D eigenvalue weighted by Crippen LogP contribution is 2.18. The van der Waals surface area contributed by atoms with Crippen LogP contribution in [0.3, 0.4) is 0 Å². The van der Waals surface area contributed by atoms with E-state index in [1.807, 2.05) is 0 Å². The fourth-order valence-electron chi connectivity index (χ4n) is 1.55. The lowest BCUT2D eigenvalue weighted by atomic mass is 10.1. The summed E-state index contributed by atoms with van der Waals surface area (Å²) >= 11 is 0. The van der Waals surface area contributed by atoms with E-state index in [0.717, 1.165) is 12.8 Å². The number of hydrogen-bond acceptors (Lipinski definition) is 1. The summed E-state index contributed by atoms with van der Waals surface area (Å²) < 4.78 is 0. The van der Waals surface area contributed by atoms with E-state index in [0.29, 0.717) is 0 Å². The molecule has 2 rings (SSSR count). The topological polar surface area (TPSA) is 3.24 Å². The second-order valence-electron chi connectivity index (χ2n) is 3.43. The summed E-state index contributed by atoms with van der Waals surface area (Å²) in [6.45, 7) is 2.18. The molecule has 0 saturated carbocycles. The summed E-state index contributed by atoms with van der Waals surface area (Å²) in [5.74, 6) is 0. The van der Waals surface area contributed by atoms with Crippen molar-refractivity contribution in [1.29, 1.82) is 0 Å². The molecule has 1 nitrogen and oxygen atoms in total. The first kappa shape index (κ1) is 9.07. The van der Waals surface area contributed by atoms with Crippen LogP contribution in [-0.4, -0.2) is 0 Å². The third kappa shape index (κ3) is 1.87. The van der Waals surface area contributed by atoms with Gasteiger partial charge in [0.25, 0.3) is 0 Å². The summed E-state index contributed by atoms with van der Waals surface area (Å²) in [5.41, 5.74) is 2.62. The predicted molar refractivity (Wildman–Crippen MR) is 61.2 cm³/mol. The second kappa shape index (κ2) is 4.14. The monoisotopic (exact) mass is 185 g/mol. The van der Waals surface area contributed by atoms with Crippen LogP contribution in [0, 0.1) is 0 Å². The van der Waals surface area contributed by atoms with Gasteiger partial charge in [-0.05, 0) is 30.5 Å². The van der Waals surface area contributed by atoms with Gasteiger partial charge in [0.2, 0.25) is 0 Å². The lowest BCUT2D eigenvalue weighted by Crippen LogP contribution is -2.08. The molecule has 14 heavy (non-hydrogen) atoms. The smallest absolute Gasteiger partial charge is 0.0449 e. The minimum atomic E-state index is 1.05. The SMILES string of the molecule is CCc1ccc(N2C=CCC=C2)cc1. The molecule has 0 spiro atoms. The van der Waals surface area contributed by atoms with Gasteiger partial charge in [-0.1, -0.05) is 31.2 Å². The van der Waals surface area contributed by atoms with Crippen LogP contribution in [0.5, 0.6) is 0 Å². The lowest BCUT2D eigenvalue weighted by Gasteiger charge is -2.18. The van der Waals surface area contributed by atoms with Gasteiger partial charge in [-0.25, -0.2) is 0 Å². The molecule has 1 aliphatic rings. The molecule has 0 bridgehead atoms. The van der Waals surface area contributed by atoms with Crippen molar-refractivity contribution in [2.45, 2.75) is 19.8 Å². The fraction of sp³-hybridized carbons (Fsp3) is 0.231. The molecule has 1 aromatic carbocycles. The van der Waals surface area contributed by atoms with E-state index in [-0.39, 0.29) is 0 Å². The maximum Gasteiger partial charge on any atom is 0.0449 e. The molecule has 1 heteroatoms. The molecule has 0 saturated heterocycles. The van der Waals surface area contributed by atoms with Gasteiger partial charge in [-0.3, -0.25) is 0 Å². The number of hydrogen-bond donors (Lipinski definition) is 0. The van der Waals surface area contributed by atoms with E-state index in [1.54, 1.807) is 0 Å². The van der Waals surface area contributed by atoms with Gasteiger partial charge in [0.1, 0.15) is 0 Å². The average Bonchev–Trinajstić information content (AvgIpc) is 2.30. The molecule has 0 N–H and O–H groups in total. The lowest BCUT2D eigenvalue weighted by molar-refractivity contribution is 1.13. The largest absolute Gasteiger partial charge is 0.324 e. The second-order valence-corrected chi connectivity index (χ2v) is 3.43. The van der Waals surface area contributed by atoms with Crippen molar-refractivity contribution < 1.29 is 0 Å². The number of aryl methyl sites for hydroxylation is 1. The normalized spacial score (nSPS) is 14.8. The molecule has 1 heterocycles. The van der Waals surface area contributed by atoms with Gasteiger partial charge in [-0.2, -0.15) is 0 Å². The Morgan fingerprint density at radius 1 is 1.07 bits per heavy atom. The Hall–Kier alpha value is -1.50. The van der Waals surface area contributed by atoms with Gasteiger partial charge < -0.3 is 4.90 Å². The quantitative estimate of drug-likeness (QED) is 0.681. The number of allylic oxidation sites excluding steroid dienone is 2. The zero-order valence-corrected chi connectivity index (χ0v) is 8.48. The Balaban J connectivity index is 2.19. The van der Waals surface area contributed by atoms with E-state index in [4.69, 9.17) is 0 Å². The Labute approximate surface area is 85.4 Å². The van der Waals surface area contributed by atoms with Crippen LogP contribution in [0.2, 0.25) is 0 Å². The Bertz CT molecular complexity index is 334. The minimum Gasteiger partial charge on any atom is -0.324 e. The molecule has 0 aliphatic carbocycles. The summed E-state index contributed by atoms with van der Waals surface area (Å²) in [6.07, 6.45) is 10.7. The van der Waals surface area contributed by atoms with Crippen LogP contribution in [0.15, 0.2) is 48.8 Å². The summed E-state index contributed by atoms with van der Waals surface area (Å²) in [4.78, 5) is 2.14. The van der Waals surface area contributed by atoms with Crippen molar-refractivity contribution >= 4 is 5.69 Å². The van der Waals surface area contributed by atoms with Crippen molar-refractivity contribution in [2.24, 2.45) is 0 Å². The average molecular weight is 185 g/mol. The third-order valence-corrected chi connectivity index (χ3v) is 2.45. The maximum absolute atomic E-state index is 2.19. The van der Waals surface area contributed by atoms with E-state index >= 15 is 0 Å².